The highest BCUT2D eigenvalue weighted by molar-refractivity contribution is 5.85. The Morgan fingerprint density at radius 2 is 2.05 bits per heavy atom. The number of ether oxygens (including phenoxy) is 1. The van der Waals surface area contributed by atoms with Crippen LogP contribution in [0.5, 0.6) is 0 Å². The molecule has 2 saturated heterocycles. The Bertz CT molecular complexity index is 298. The summed E-state index contributed by atoms with van der Waals surface area (Å²) in [5, 5.41) is 3.28. The first-order chi connectivity index (χ1) is 9.20. The summed E-state index contributed by atoms with van der Waals surface area (Å²) in [6, 6.07) is 0.479. The van der Waals surface area contributed by atoms with Crippen LogP contribution in [0.1, 0.15) is 26.7 Å². The van der Waals surface area contributed by atoms with Gasteiger partial charge in [0.15, 0.2) is 0 Å². The van der Waals surface area contributed by atoms with Crippen LogP contribution in [0.2, 0.25) is 0 Å². The van der Waals surface area contributed by atoms with Gasteiger partial charge in [0.25, 0.3) is 0 Å². The van der Waals surface area contributed by atoms with E-state index in [1.54, 1.807) is 0 Å². The number of amides is 1. The van der Waals surface area contributed by atoms with E-state index >= 15 is 0 Å². The second-order valence-corrected chi connectivity index (χ2v) is 5.58. The molecule has 0 aromatic heterocycles. The van der Waals surface area contributed by atoms with Crippen molar-refractivity contribution in [2.24, 2.45) is 0 Å². The maximum Gasteiger partial charge on any atom is 0.223 e. The fourth-order valence-electron chi connectivity index (χ4n) is 2.87. The van der Waals surface area contributed by atoms with Gasteiger partial charge in [0.2, 0.25) is 5.91 Å². The summed E-state index contributed by atoms with van der Waals surface area (Å²) in [5.41, 5.74) is 0. The summed E-state index contributed by atoms with van der Waals surface area (Å²) >= 11 is 0. The molecule has 1 amide bonds. The Morgan fingerprint density at radius 3 is 2.70 bits per heavy atom. The fraction of sp³-hybridized carbons (Fsp3) is 0.929. The normalized spacial score (nSPS) is 28.0. The van der Waals surface area contributed by atoms with E-state index in [1.165, 1.54) is 0 Å². The average molecular weight is 306 g/mol. The van der Waals surface area contributed by atoms with Crippen LogP contribution in [0.3, 0.4) is 0 Å². The molecule has 0 aromatic carbocycles. The molecule has 2 heterocycles. The molecule has 5 nitrogen and oxygen atoms in total. The van der Waals surface area contributed by atoms with Gasteiger partial charge < -0.3 is 15.0 Å². The van der Waals surface area contributed by atoms with Gasteiger partial charge in [-0.25, -0.2) is 0 Å². The zero-order valence-electron chi connectivity index (χ0n) is 12.6. The van der Waals surface area contributed by atoms with Crippen LogP contribution in [0.4, 0.5) is 0 Å². The molecule has 2 rings (SSSR count). The number of morpholine rings is 1. The first kappa shape index (κ1) is 17.7. The van der Waals surface area contributed by atoms with Crippen molar-refractivity contribution in [3.05, 3.63) is 0 Å². The smallest absolute Gasteiger partial charge is 0.223 e. The highest BCUT2D eigenvalue weighted by Gasteiger charge is 2.26. The molecule has 6 heteroatoms. The van der Waals surface area contributed by atoms with Gasteiger partial charge in [-0.3, -0.25) is 9.69 Å². The first-order valence-electron chi connectivity index (χ1n) is 7.55. The van der Waals surface area contributed by atoms with Gasteiger partial charge in [0.1, 0.15) is 0 Å². The lowest BCUT2D eigenvalue weighted by molar-refractivity contribution is -0.133. The van der Waals surface area contributed by atoms with Gasteiger partial charge >= 0.3 is 0 Å². The molecule has 1 N–H and O–H groups in total. The summed E-state index contributed by atoms with van der Waals surface area (Å²) in [6.45, 7) is 10.5. The number of hydrogen-bond acceptors (Lipinski definition) is 4. The van der Waals surface area contributed by atoms with Gasteiger partial charge in [-0.1, -0.05) is 6.92 Å². The van der Waals surface area contributed by atoms with Crippen molar-refractivity contribution in [3.63, 3.8) is 0 Å². The molecular weight excluding hydrogens is 278 g/mol. The van der Waals surface area contributed by atoms with Crippen LogP contribution < -0.4 is 5.32 Å². The number of nitrogens with zero attached hydrogens (tertiary/aromatic N) is 2. The topological polar surface area (TPSA) is 44.8 Å². The minimum Gasteiger partial charge on any atom is -0.376 e. The third kappa shape index (κ3) is 4.88. The number of carbonyl (C=O) groups is 1. The SMILES string of the molecule is CCC1COC(C)CN1CCC(=O)N1CCNCC1.Cl. The largest absolute Gasteiger partial charge is 0.376 e. The zero-order valence-corrected chi connectivity index (χ0v) is 13.5. The third-order valence-corrected chi connectivity index (χ3v) is 4.13. The van der Waals surface area contributed by atoms with E-state index < -0.39 is 0 Å². The zero-order chi connectivity index (χ0) is 13.7. The summed E-state index contributed by atoms with van der Waals surface area (Å²) in [6.07, 6.45) is 2.02. The summed E-state index contributed by atoms with van der Waals surface area (Å²) in [5.74, 6) is 0.301. The quantitative estimate of drug-likeness (QED) is 0.832. The van der Waals surface area contributed by atoms with Crippen molar-refractivity contribution in [2.75, 3.05) is 45.9 Å². The second kappa shape index (κ2) is 8.82. The maximum absolute atomic E-state index is 12.2. The van der Waals surface area contributed by atoms with E-state index in [-0.39, 0.29) is 18.5 Å². The molecule has 0 spiro atoms. The lowest BCUT2D eigenvalue weighted by Crippen LogP contribution is -2.51. The van der Waals surface area contributed by atoms with E-state index in [4.69, 9.17) is 4.74 Å². The Hall–Kier alpha value is -0.360. The number of hydrogen-bond donors (Lipinski definition) is 1. The molecule has 2 unspecified atom stereocenters. The average Bonchev–Trinajstić information content (AvgIpc) is 2.46. The van der Waals surface area contributed by atoms with Crippen molar-refractivity contribution in [3.8, 4) is 0 Å². The molecule has 118 valence electrons. The summed E-state index contributed by atoms with van der Waals surface area (Å²) in [4.78, 5) is 16.6. The maximum atomic E-state index is 12.2. The molecule has 2 aliphatic heterocycles. The standard InChI is InChI=1S/C14H27N3O2.ClH/c1-3-13-11-19-12(2)10-17(13)7-4-14(18)16-8-5-15-6-9-16;/h12-13,15H,3-11H2,1-2H3;1H. The van der Waals surface area contributed by atoms with Crippen molar-refractivity contribution >= 4 is 18.3 Å². The van der Waals surface area contributed by atoms with E-state index in [9.17, 15) is 4.79 Å². The Morgan fingerprint density at radius 1 is 1.35 bits per heavy atom. The van der Waals surface area contributed by atoms with Gasteiger partial charge in [-0.15, -0.1) is 12.4 Å². The van der Waals surface area contributed by atoms with Crippen molar-refractivity contribution < 1.29 is 9.53 Å². The van der Waals surface area contributed by atoms with Crippen LogP contribution in [-0.2, 0) is 9.53 Å². The molecule has 2 aliphatic rings. The van der Waals surface area contributed by atoms with Crippen molar-refractivity contribution in [2.45, 2.75) is 38.8 Å². The molecule has 0 saturated carbocycles. The number of nitrogens with one attached hydrogen (secondary N) is 1. The van der Waals surface area contributed by atoms with Crippen LogP contribution >= 0.6 is 12.4 Å². The molecule has 0 aromatic rings. The van der Waals surface area contributed by atoms with Gasteiger partial charge in [0.05, 0.1) is 12.7 Å². The van der Waals surface area contributed by atoms with Crippen LogP contribution in [0, 0.1) is 0 Å². The Balaban J connectivity index is 0.00000200. The van der Waals surface area contributed by atoms with Gasteiger partial charge in [-0.2, -0.15) is 0 Å². The molecule has 2 atom stereocenters. The third-order valence-electron chi connectivity index (χ3n) is 4.13. The molecule has 0 radical (unpaired) electrons. The Labute approximate surface area is 128 Å². The van der Waals surface area contributed by atoms with Crippen LogP contribution in [0.25, 0.3) is 0 Å². The molecular formula is C14H28ClN3O2. The van der Waals surface area contributed by atoms with Gasteiger partial charge in [0, 0.05) is 51.7 Å². The van der Waals surface area contributed by atoms with E-state index in [0.717, 1.165) is 52.3 Å². The summed E-state index contributed by atoms with van der Waals surface area (Å²) < 4.78 is 5.69. The fourth-order valence-corrected chi connectivity index (χ4v) is 2.87. The molecule has 2 fully saturated rings. The van der Waals surface area contributed by atoms with E-state index in [1.807, 2.05) is 4.90 Å². The minimum absolute atomic E-state index is 0. The number of piperazine rings is 1. The lowest BCUT2D eigenvalue weighted by atomic mass is 10.1. The summed E-state index contributed by atoms with van der Waals surface area (Å²) in [7, 11) is 0. The van der Waals surface area contributed by atoms with Crippen molar-refractivity contribution in [1.29, 1.82) is 0 Å². The highest BCUT2D eigenvalue weighted by atomic mass is 35.5. The number of rotatable bonds is 4. The Kier molecular flexibility index (Phi) is 7.80. The lowest BCUT2D eigenvalue weighted by Gasteiger charge is -2.38. The monoisotopic (exact) mass is 305 g/mol. The first-order valence-corrected chi connectivity index (χ1v) is 7.55. The van der Waals surface area contributed by atoms with Crippen LogP contribution in [-0.4, -0.2) is 73.7 Å². The molecule has 0 aliphatic carbocycles. The predicted molar refractivity (Wildman–Crippen MR) is 82.4 cm³/mol. The van der Waals surface area contributed by atoms with Crippen molar-refractivity contribution in [1.82, 2.24) is 15.1 Å². The van der Waals surface area contributed by atoms with E-state index in [0.29, 0.717) is 18.4 Å². The van der Waals surface area contributed by atoms with E-state index in [2.05, 4.69) is 24.1 Å². The number of carbonyl (C=O) groups excluding carboxylic acids is 1. The van der Waals surface area contributed by atoms with Crippen LogP contribution in [0.15, 0.2) is 0 Å². The minimum atomic E-state index is 0. The molecule has 20 heavy (non-hydrogen) atoms. The second-order valence-electron chi connectivity index (χ2n) is 5.58. The predicted octanol–water partition coefficient (Wildman–Crippen LogP) is 0.729. The van der Waals surface area contributed by atoms with Gasteiger partial charge in [-0.05, 0) is 13.3 Å². The number of halogens is 1. The molecule has 0 bridgehead atoms. The highest BCUT2D eigenvalue weighted by Crippen LogP contribution is 2.15.